The lowest BCUT2D eigenvalue weighted by Gasteiger charge is -2.11. The molecule has 0 aliphatic heterocycles. The second-order valence-corrected chi connectivity index (χ2v) is 9.59. The third-order valence-corrected chi connectivity index (χ3v) is 6.94. The maximum atomic E-state index is 12.4. The van der Waals surface area contributed by atoms with Crippen LogP contribution in [0.3, 0.4) is 0 Å². The molecule has 29 heavy (non-hydrogen) atoms. The van der Waals surface area contributed by atoms with Crippen LogP contribution in [0.1, 0.15) is 25.0 Å². The number of H-pyrrole nitrogens is 1. The quantitative estimate of drug-likeness (QED) is 0.490. The molecule has 4 aromatic rings. The Hall–Kier alpha value is -2.70. The van der Waals surface area contributed by atoms with Crippen LogP contribution in [0.4, 0.5) is 0 Å². The number of aromatic amines is 1. The second kappa shape index (κ2) is 7.61. The Morgan fingerprint density at radius 1 is 1.10 bits per heavy atom. The molecule has 0 saturated heterocycles. The fourth-order valence-corrected chi connectivity index (χ4v) is 4.63. The van der Waals surface area contributed by atoms with Crippen molar-refractivity contribution in [2.75, 3.05) is 12.3 Å². The van der Waals surface area contributed by atoms with Gasteiger partial charge in [0, 0.05) is 29.0 Å². The minimum absolute atomic E-state index is 0.0858. The van der Waals surface area contributed by atoms with Gasteiger partial charge in [0.25, 0.3) is 0 Å². The van der Waals surface area contributed by atoms with Crippen LogP contribution in [0.25, 0.3) is 33.1 Å². The van der Waals surface area contributed by atoms with Crippen molar-refractivity contribution in [2.24, 2.45) is 0 Å². The van der Waals surface area contributed by atoms with Gasteiger partial charge in [-0.15, -0.1) is 0 Å². The van der Waals surface area contributed by atoms with E-state index in [1.807, 2.05) is 25.3 Å². The van der Waals surface area contributed by atoms with Gasteiger partial charge in [0.05, 0.1) is 10.6 Å². The van der Waals surface area contributed by atoms with Crippen LogP contribution in [0.5, 0.6) is 0 Å². The summed E-state index contributed by atoms with van der Waals surface area (Å²) < 4.78 is 24.9. The molecule has 0 saturated carbocycles. The SMILES string of the molecule is CCNCc1cc(-c2cccc(S(=O)(=O)CC)c2)c2c(c1)[nH]c1ncc(C)cc12. The number of nitrogens with zero attached hydrogens (tertiary/aromatic N) is 1. The molecule has 0 aliphatic rings. The summed E-state index contributed by atoms with van der Waals surface area (Å²) in [7, 11) is -3.27. The predicted molar refractivity (Wildman–Crippen MR) is 119 cm³/mol. The van der Waals surface area contributed by atoms with Crippen molar-refractivity contribution in [3.63, 3.8) is 0 Å². The number of aryl methyl sites for hydroxylation is 1. The van der Waals surface area contributed by atoms with Crippen molar-refractivity contribution in [3.05, 3.63) is 59.8 Å². The van der Waals surface area contributed by atoms with E-state index in [-0.39, 0.29) is 5.75 Å². The first-order valence-electron chi connectivity index (χ1n) is 9.87. The minimum Gasteiger partial charge on any atom is -0.339 e. The van der Waals surface area contributed by atoms with Crippen LogP contribution < -0.4 is 5.32 Å². The number of aromatic nitrogens is 2. The molecular weight excluding hydrogens is 382 g/mol. The molecule has 0 unspecified atom stereocenters. The van der Waals surface area contributed by atoms with E-state index < -0.39 is 9.84 Å². The van der Waals surface area contributed by atoms with E-state index >= 15 is 0 Å². The molecule has 5 nitrogen and oxygen atoms in total. The van der Waals surface area contributed by atoms with Gasteiger partial charge in [-0.1, -0.05) is 26.0 Å². The molecule has 2 aromatic carbocycles. The van der Waals surface area contributed by atoms with Crippen LogP contribution in [0.2, 0.25) is 0 Å². The van der Waals surface area contributed by atoms with Gasteiger partial charge < -0.3 is 10.3 Å². The van der Waals surface area contributed by atoms with E-state index in [0.717, 1.165) is 57.3 Å². The van der Waals surface area contributed by atoms with Crippen molar-refractivity contribution in [2.45, 2.75) is 32.2 Å². The molecule has 4 rings (SSSR count). The Morgan fingerprint density at radius 3 is 2.69 bits per heavy atom. The molecule has 2 aromatic heterocycles. The summed E-state index contributed by atoms with van der Waals surface area (Å²) >= 11 is 0. The van der Waals surface area contributed by atoms with Crippen molar-refractivity contribution in [3.8, 4) is 11.1 Å². The fourth-order valence-electron chi connectivity index (χ4n) is 3.70. The topological polar surface area (TPSA) is 74.8 Å². The number of hydrogen-bond acceptors (Lipinski definition) is 4. The lowest BCUT2D eigenvalue weighted by Crippen LogP contribution is -2.11. The molecule has 0 fully saturated rings. The Balaban J connectivity index is 2.02. The average molecular weight is 408 g/mol. The fraction of sp³-hybridized carbons (Fsp3) is 0.261. The molecule has 0 atom stereocenters. The molecule has 0 aliphatic carbocycles. The van der Waals surface area contributed by atoms with Crippen molar-refractivity contribution < 1.29 is 8.42 Å². The minimum atomic E-state index is -3.27. The first kappa shape index (κ1) is 19.6. The van der Waals surface area contributed by atoms with Crippen LogP contribution in [0, 0.1) is 6.92 Å². The number of nitrogens with one attached hydrogen (secondary N) is 2. The Labute approximate surface area is 171 Å². The zero-order valence-electron chi connectivity index (χ0n) is 16.9. The maximum Gasteiger partial charge on any atom is 0.178 e. The van der Waals surface area contributed by atoms with Gasteiger partial charge >= 0.3 is 0 Å². The standard InChI is InChI=1S/C23H25N3O2S/c1-4-24-14-16-10-19(17-7-6-8-18(12-17)29(27,28)5-2)22-20-9-15(3)13-25-23(20)26-21(22)11-16/h6-13,24H,4-5,14H2,1-3H3,(H,25,26). The van der Waals surface area contributed by atoms with E-state index in [4.69, 9.17) is 0 Å². The molecule has 2 heterocycles. The molecular formula is C23H25N3O2S. The lowest BCUT2D eigenvalue weighted by atomic mass is 9.97. The van der Waals surface area contributed by atoms with Crippen molar-refractivity contribution in [1.82, 2.24) is 15.3 Å². The molecule has 150 valence electrons. The summed E-state index contributed by atoms with van der Waals surface area (Å²) in [5, 5.41) is 5.49. The van der Waals surface area contributed by atoms with Gasteiger partial charge in [-0.05, 0) is 66.1 Å². The molecule has 0 spiro atoms. The largest absolute Gasteiger partial charge is 0.339 e. The average Bonchev–Trinajstić information content (AvgIpc) is 3.09. The number of fused-ring (bicyclic) bond motifs is 3. The van der Waals surface area contributed by atoms with E-state index in [9.17, 15) is 8.42 Å². The van der Waals surface area contributed by atoms with Gasteiger partial charge in [-0.2, -0.15) is 0 Å². The highest BCUT2D eigenvalue weighted by molar-refractivity contribution is 7.91. The normalized spacial score (nSPS) is 12.1. The third kappa shape index (κ3) is 3.66. The molecule has 0 radical (unpaired) electrons. The highest BCUT2D eigenvalue weighted by Gasteiger charge is 2.16. The van der Waals surface area contributed by atoms with Crippen molar-refractivity contribution in [1.29, 1.82) is 0 Å². The summed E-state index contributed by atoms with van der Waals surface area (Å²) in [6.07, 6.45) is 1.85. The molecule has 6 heteroatoms. The summed E-state index contributed by atoms with van der Waals surface area (Å²) in [6.45, 7) is 7.40. The van der Waals surface area contributed by atoms with Gasteiger partial charge in [0.1, 0.15) is 5.65 Å². The smallest absolute Gasteiger partial charge is 0.178 e. The van der Waals surface area contributed by atoms with Gasteiger partial charge in [0.15, 0.2) is 9.84 Å². The van der Waals surface area contributed by atoms with E-state index in [2.05, 4.69) is 40.4 Å². The highest BCUT2D eigenvalue weighted by atomic mass is 32.2. The Bertz CT molecular complexity index is 1310. The molecule has 0 amide bonds. The third-order valence-electron chi connectivity index (χ3n) is 5.21. The van der Waals surface area contributed by atoms with E-state index in [1.165, 1.54) is 0 Å². The van der Waals surface area contributed by atoms with Gasteiger partial charge in [0.2, 0.25) is 0 Å². The van der Waals surface area contributed by atoms with Gasteiger partial charge in [-0.25, -0.2) is 13.4 Å². The number of benzene rings is 2. The first-order chi connectivity index (χ1) is 13.9. The zero-order valence-corrected chi connectivity index (χ0v) is 17.7. The summed E-state index contributed by atoms with van der Waals surface area (Å²) in [6, 6.07) is 13.7. The first-order valence-corrected chi connectivity index (χ1v) is 11.5. The number of sulfone groups is 1. The number of rotatable bonds is 6. The summed E-state index contributed by atoms with van der Waals surface area (Å²) in [5.41, 5.74) is 5.98. The van der Waals surface area contributed by atoms with Crippen LogP contribution >= 0.6 is 0 Å². The number of hydrogen-bond donors (Lipinski definition) is 2. The van der Waals surface area contributed by atoms with Crippen LogP contribution in [-0.4, -0.2) is 30.7 Å². The summed E-state index contributed by atoms with van der Waals surface area (Å²) in [5.74, 6) is 0.0858. The number of pyridine rings is 1. The van der Waals surface area contributed by atoms with Crippen LogP contribution in [0.15, 0.2) is 53.6 Å². The highest BCUT2D eigenvalue weighted by Crippen LogP contribution is 2.36. The second-order valence-electron chi connectivity index (χ2n) is 7.31. The predicted octanol–water partition coefficient (Wildman–Crippen LogP) is 4.59. The molecule has 0 bridgehead atoms. The van der Waals surface area contributed by atoms with E-state index in [0.29, 0.717) is 4.90 Å². The van der Waals surface area contributed by atoms with Crippen LogP contribution in [-0.2, 0) is 16.4 Å². The summed E-state index contributed by atoms with van der Waals surface area (Å²) in [4.78, 5) is 8.34. The molecule has 2 N–H and O–H groups in total. The monoisotopic (exact) mass is 407 g/mol. The Morgan fingerprint density at radius 2 is 1.93 bits per heavy atom. The van der Waals surface area contributed by atoms with E-state index in [1.54, 1.807) is 19.1 Å². The Kier molecular flexibility index (Phi) is 5.15. The zero-order chi connectivity index (χ0) is 20.6. The van der Waals surface area contributed by atoms with Crippen molar-refractivity contribution >= 4 is 31.8 Å². The van der Waals surface area contributed by atoms with Gasteiger partial charge in [-0.3, -0.25) is 0 Å². The lowest BCUT2D eigenvalue weighted by molar-refractivity contribution is 0.597. The maximum absolute atomic E-state index is 12.4.